The highest BCUT2D eigenvalue weighted by atomic mass is 35.5. The summed E-state index contributed by atoms with van der Waals surface area (Å²) in [6.45, 7) is 2.24. The van der Waals surface area contributed by atoms with E-state index in [4.69, 9.17) is 16.3 Å². The van der Waals surface area contributed by atoms with Gasteiger partial charge in [0, 0.05) is 0 Å². The van der Waals surface area contributed by atoms with Crippen LogP contribution < -0.4 is 4.74 Å². The molecule has 1 aromatic rings. The van der Waals surface area contributed by atoms with Crippen LogP contribution in [0.2, 0.25) is 5.02 Å². The van der Waals surface area contributed by atoms with Gasteiger partial charge in [-0.25, -0.2) is 4.79 Å². The van der Waals surface area contributed by atoms with Crippen molar-refractivity contribution in [2.75, 3.05) is 0 Å². The van der Waals surface area contributed by atoms with Crippen LogP contribution in [-0.4, -0.2) is 17.2 Å². The van der Waals surface area contributed by atoms with Crippen molar-refractivity contribution in [3.05, 3.63) is 29.3 Å². The van der Waals surface area contributed by atoms with E-state index in [2.05, 4.69) is 6.92 Å². The second-order valence-corrected chi connectivity index (χ2v) is 6.75. The number of hydrogen-bond donors (Lipinski definition) is 1. The van der Waals surface area contributed by atoms with Gasteiger partial charge >= 0.3 is 5.97 Å². The first-order valence-corrected chi connectivity index (χ1v) is 9.67. The lowest BCUT2D eigenvalue weighted by Gasteiger charge is -2.16. The minimum absolute atomic E-state index is 0.443. The molecule has 0 saturated heterocycles. The Hall–Kier alpha value is -1.22. The van der Waals surface area contributed by atoms with Crippen molar-refractivity contribution in [2.24, 2.45) is 0 Å². The first-order valence-electron chi connectivity index (χ1n) is 9.29. The molecule has 0 aromatic heterocycles. The van der Waals surface area contributed by atoms with E-state index in [1.807, 2.05) is 0 Å². The van der Waals surface area contributed by atoms with Crippen molar-refractivity contribution in [1.29, 1.82) is 0 Å². The highest BCUT2D eigenvalue weighted by molar-refractivity contribution is 6.32. The summed E-state index contributed by atoms with van der Waals surface area (Å²) >= 11 is 6.02. The molecule has 0 heterocycles. The molecule has 24 heavy (non-hydrogen) atoms. The predicted molar refractivity (Wildman–Crippen MR) is 100.0 cm³/mol. The number of rotatable bonds is 14. The van der Waals surface area contributed by atoms with E-state index in [-0.39, 0.29) is 0 Å². The SMILES string of the molecule is CCCCCCCCCCCCC(Oc1ccccc1Cl)C(=O)O. The van der Waals surface area contributed by atoms with Gasteiger partial charge in [0.05, 0.1) is 5.02 Å². The van der Waals surface area contributed by atoms with Gasteiger partial charge in [-0.1, -0.05) is 88.4 Å². The van der Waals surface area contributed by atoms with Crippen molar-refractivity contribution in [3.63, 3.8) is 0 Å². The van der Waals surface area contributed by atoms with Crippen molar-refractivity contribution in [3.8, 4) is 5.75 Å². The number of benzene rings is 1. The van der Waals surface area contributed by atoms with Gasteiger partial charge in [-0.05, 0) is 25.0 Å². The number of carbonyl (C=O) groups is 1. The van der Waals surface area contributed by atoms with Crippen molar-refractivity contribution in [2.45, 2.75) is 83.7 Å². The van der Waals surface area contributed by atoms with Gasteiger partial charge in [-0.15, -0.1) is 0 Å². The lowest BCUT2D eigenvalue weighted by atomic mass is 10.0. The van der Waals surface area contributed by atoms with Gasteiger partial charge in [-0.2, -0.15) is 0 Å². The van der Waals surface area contributed by atoms with E-state index in [1.165, 1.54) is 51.4 Å². The molecular weight excluding hydrogens is 324 g/mol. The molecule has 136 valence electrons. The van der Waals surface area contributed by atoms with Crippen LogP contribution in [0.4, 0.5) is 0 Å². The zero-order valence-corrected chi connectivity index (χ0v) is 15.6. The summed E-state index contributed by atoms with van der Waals surface area (Å²) < 4.78 is 5.56. The molecule has 0 bridgehead atoms. The molecule has 3 nitrogen and oxygen atoms in total. The van der Waals surface area contributed by atoms with E-state index in [0.717, 1.165) is 12.8 Å². The molecule has 1 N–H and O–H groups in total. The van der Waals surface area contributed by atoms with Crippen LogP contribution in [0.15, 0.2) is 24.3 Å². The Labute approximate surface area is 151 Å². The monoisotopic (exact) mass is 354 g/mol. The van der Waals surface area contributed by atoms with Gasteiger partial charge in [-0.3, -0.25) is 0 Å². The highest BCUT2D eigenvalue weighted by Gasteiger charge is 2.19. The lowest BCUT2D eigenvalue weighted by Crippen LogP contribution is -2.27. The van der Waals surface area contributed by atoms with Crippen LogP contribution in [0.1, 0.15) is 77.6 Å². The van der Waals surface area contributed by atoms with Crippen molar-refractivity contribution >= 4 is 17.6 Å². The number of para-hydroxylation sites is 1. The molecule has 0 aliphatic carbocycles. The van der Waals surface area contributed by atoms with Crippen molar-refractivity contribution < 1.29 is 14.6 Å². The minimum Gasteiger partial charge on any atom is -0.479 e. The van der Waals surface area contributed by atoms with Gasteiger partial charge in [0.2, 0.25) is 0 Å². The Morgan fingerprint density at radius 1 is 1.00 bits per heavy atom. The van der Waals surface area contributed by atoms with E-state index in [9.17, 15) is 9.90 Å². The largest absolute Gasteiger partial charge is 0.479 e. The second kappa shape index (κ2) is 13.1. The van der Waals surface area contributed by atoms with Gasteiger partial charge in [0.15, 0.2) is 6.10 Å². The minimum atomic E-state index is -0.925. The number of hydrogen-bond acceptors (Lipinski definition) is 2. The maximum atomic E-state index is 11.3. The van der Waals surface area contributed by atoms with E-state index in [0.29, 0.717) is 17.2 Å². The Bertz CT molecular complexity index is 462. The molecule has 1 aromatic carbocycles. The molecule has 0 radical (unpaired) electrons. The summed E-state index contributed by atoms with van der Waals surface area (Å²) in [5.41, 5.74) is 0. The summed E-state index contributed by atoms with van der Waals surface area (Å²) in [4.78, 5) is 11.3. The summed E-state index contributed by atoms with van der Waals surface area (Å²) in [6, 6.07) is 7.00. The third-order valence-electron chi connectivity index (χ3n) is 4.20. The Kier molecular flexibility index (Phi) is 11.4. The van der Waals surface area contributed by atoms with Gasteiger partial charge in [0.25, 0.3) is 0 Å². The van der Waals surface area contributed by atoms with Crippen LogP contribution in [-0.2, 0) is 4.79 Å². The third kappa shape index (κ3) is 9.17. The first-order chi connectivity index (χ1) is 11.6. The lowest BCUT2D eigenvalue weighted by molar-refractivity contribution is -0.145. The predicted octanol–water partition coefficient (Wildman–Crippen LogP) is 6.48. The zero-order chi connectivity index (χ0) is 17.6. The molecule has 0 saturated carbocycles. The van der Waals surface area contributed by atoms with E-state index >= 15 is 0 Å². The summed E-state index contributed by atoms with van der Waals surface area (Å²) in [6.07, 6.45) is 12.0. The van der Waals surface area contributed by atoms with Crippen molar-refractivity contribution in [1.82, 2.24) is 0 Å². The zero-order valence-electron chi connectivity index (χ0n) is 14.8. The number of ether oxygens (including phenoxy) is 1. The summed E-state index contributed by atoms with van der Waals surface area (Å²) in [7, 11) is 0. The number of aliphatic carboxylic acids is 1. The number of carboxylic acid groups (broad SMARTS) is 1. The molecule has 0 aliphatic rings. The first kappa shape index (κ1) is 20.8. The Morgan fingerprint density at radius 2 is 1.54 bits per heavy atom. The average molecular weight is 355 g/mol. The van der Waals surface area contributed by atoms with Gasteiger partial charge in [0.1, 0.15) is 5.75 Å². The van der Waals surface area contributed by atoms with Crippen LogP contribution in [0.5, 0.6) is 5.75 Å². The fourth-order valence-electron chi connectivity index (χ4n) is 2.74. The maximum Gasteiger partial charge on any atom is 0.344 e. The van der Waals surface area contributed by atoms with E-state index < -0.39 is 12.1 Å². The fraction of sp³-hybridized carbons (Fsp3) is 0.650. The number of halogens is 1. The standard InChI is InChI=1S/C20H31ClO3/c1-2-3-4-5-6-7-8-9-10-11-16-19(20(22)23)24-18-15-13-12-14-17(18)21/h12-15,19H,2-11,16H2,1H3,(H,22,23). The molecule has 1 atom stereocenters. The molecule has 1 unspecified atom stereocenters. The second-order valence-electron chi connectivity index (χ2n) is 6.35. The summed E-state index contributed by atoms with van der Waals surface area (Å²) in [5, 5.41) is 9.75. The topological polar surface area (TPSA) is 46.5 Å². The number of unbranched alkanes of at least 4 members (excludes halogenated alkanes) is 9. The molecule has 4 heteroatoms. The highest BCUT2D eigenvalue weighted by Crippen LogP contribution is 2.25. The number of carboxylic acids is 1. The van der Waals surface area contributed by atoms with Crippen LogP contribution in [0.25, 0.3) is 0 Å². The molecule has 0 amide bonds. The summed E-state index contributed by atoms with van der Waals surface area (Å²) in [5.74, 6) is -0.482. The average Bonchev–Trinajstić information content (AvgIpc) is 2.57. The van der Waals surface area contributed by atoms with E-state index in [1.54, 1.807) is 24.3 Å². The van der Waals surface area contributed by atoms with Crippen LogP contribution in [0.3, 0.4) is 0 Å². The molecule has 1 rings (SSSR count). The maximum absolute atomic E-state index is 11.3. The Balaban J connectivity index is 2.14. The van der Waals surface area contributed by atoms with Crippen LogP contribution >= 0.6 is 11.6 Å². The van der Waals surface area contributed by atoms with Gasteiger partial charge < -0.3 is 9.84 Å². The Morgan fingerprint density at radius 3 is 2.08 bits per heavy atom. The molecular formula is C20H31ClO3. The quantitative estimate of drug-likeness (QED) is 0.389. The van der Waals surface area contributed by atoms with Crippen LogP contribution in [0, 0.1) is 0 Å². The molecule has 0 fully saturated rings. The fourth-order valence-corrected chi connectivity index (χ4v) is 2.92. The third-order valence-corrected chi connectivity index (χ3v) is 4.51. The smallest absolute Gasteiger partial charge is 0.344 e. The molecule has 0 aliphatic heterocycles. The molecule has 0 spiro atoms. The normalized spacial score (nSPS) is 12.1.